The molecule has 2 amide bonds. The van der Waals surface area contributed by atoms with E-state index in [1.54, 1.807) is 6.92 Å². The van der Waals surface area contributed by atoms with E-state index in [0.717, 1.165) is 10.9 Å². The van der Waals surface area contributed by atoms with Crippen molar-refractivity contribution in [1.82, 2.24) is 14.9 Å². The molecule has 0 saturated carbocycles. The van der Waals surface area contributed by atoms with Gasteiger partial charge in [0, 0.05) is 30.6 Å². The van der Waals surface area contributed by atoms with Gasteiger partial charge in [0.05, 0.1) is 5.69 Å². The van der Waals surface area contributed by atoms with Crippen LogP contribution in [-0.4, -0.2) is 21.4 Å². The maximum absolute atomic E-state index is 12.6. The number of oxazole rings is 1. The Hall–Kier alpha value is -3.09. The fourth-order valence-corrected chi connectivity index (χ4v) is 2.92. The lowest BCUT2D eigenvalue weighted by molar-refractivity contribution is -0.122. The predicted molar refractivity (Wildman–Crippen MR) is 103 cm³/mol. The zero-order chi connectivity index (χ0) is 19.6. The van der Waals surface area contributed by atoms with Crippen molar-refractivity contribution in [3.05, 3.63) is 48.3 Å². The summed E-state index contributed by atoms with van der Waals surface area (Å²) in [6, 6.07) is 7.30. The number of nitrogens with one attached hydrogen (secondary N) is 2. The number of benzene rings is 1. The number of fused-ring (bicyclic) bond motifs is 1. The predicted octanol–water partition coefficient (Wildman–Crippen LogP) is 3.64. The Morgan fingerprint density at radius 2 is 2.04 bits per heavy atom. The molecular formula is C20H24N4O3. The summed E-state index contributed by atoms with van der Waals surface area (Å²) in [7, 11) is 1.95. The first-order valence-corrected chi connectivity index (χ1v) is 9.01. The molecule has 2 heterocycles. The summed E-state index contributed by atoms with van der Waals surface area (Å²) < 4.78 is 7.48. The van der Waals surface area contributed by atoms with Crippen LogP contribution in [0.3, 0.4) is 0 Å². The molecule has 7 nitrogen and oxygen atoms in total. The van der Waals surface area contributed by atoms with Crippen molar-refractivity contribution >= 4 is 28.4 Å². The van der Waals surface area contributed by atoms with E-state index in [1.165, 1.54) is 6.26 Å². The monoisotopic (exact) mass is 368 g/mol. The van der Waals surface area contributed by atoms with Crippen molar-refractivity contribution in [3.63, 3.8) is 0 Å². The Kier molecular flexibility index (Phi) is 5.30. The van der Waals surface area contributed by atoms with Crippen molar-refractivity contribution in [3.8, 4) is 0 Å². The number of nitrogens with zero attached hydrogens (tertiary/aromatic N) is 2. The summed E-state index contributed by atoms with van der Waals surface area (Å²) in [6.45, 7) is 5.70. The molecule has 2 aromatic heterocycles. The van der Waals surface area contributed by atoms with E-state index >= 15 is 0 Å². The number of rotatable bonds is 6. The summed E-state index contributed by atoms with van der Waals surface area (Å²) in [5, 5.41) is 6.72. The number of aryl methyl sites for hydroxylation is 1. The molecule has 0 fully saturated rings. The van der Waals surface area contributed by atoms with Gasteiger partial charge in [0.1, 0.15) is 12.3 Å². The van der Waals surface area contributed by atoms with Gasteiger partial charge in [-0.25, -0.2) is 4.98 Å². The van der Waals surface area contributed by atoms with Crippen molar-refractivity contribution in [2.75, 3.05) is 5.32 Å². The van der Waals surface area contributed by atoms with E-state index in [4.69, 9.17) is 4.42 Å². The Morgan fingerprint density at radius 3 is 2.74 bits per heavy atom. The van der Waals surface area contributed by atoms with Crippen LogP contribution in [0.15, 0.2) is 41.1 Å². The second-order valence-corrected chi connectivity index (χ2v) is 6.83. The zero-order valence-corrected chi connectivity index (χ0v) is 15.9. The van der Waals surface area contributed by atoms with Gasteiger partial charge in [-0.15, -0.1) is 0 Å². The molecule has 0 unspecified atom stereocenters. The van der Waals surface area contributed by atoms with Crippen LogP contribution in [-0.2, 0) is 11.8 Å². The molecule has 7 heteroatoms. The number of amides is 2. The molecule has 0 aliphatic heterocycles. The smallest absolute Gasteiger partial charge is 0.277 e. The van der Waals surface area contributed by atoms with Crippen LogP contribution >= 0.6 is 0 Å². The molecule has 0 bridgehead atoms. The standard InChI is InChI=1S/C20H24N4O3/c1-5-17(25)23-18(12(2)3)20-22-15(11-27-20)19(26)21-14-7-6-8-16-13(14)9-10-24(16)4/h6-12,18H,5H2,1-4H3,(H,21,26)(H,23,25)/t18-/m0/s1. The second-order valence-electron chi connectivity index (χ2n) is 6.83. The van der Waals surface area contributed by atoms with E-state index in [-0.39, 0.29) is 29.5 Å². The van der Waals surface area contributed by atoms with Crippen LogP contribution in [0.4, 0.5) is 5.69 Å². The van der Waals surface area contributed by atoms with E-state index < -0.39 is 0 Å². The van der Waals surface area contributed by atoms with Crippen LogP contribution < -0.4 is 10.6 Å². The molecule has 0 radical (unpaired) electrons. The van der Waals surface area contributed by atoms with Crippen LogP contribution in [0, 0.1) is 5.92 Å². The van der Waals surface area contributed by atoms with E-state index in [2.05, 4.69) is 15.6 Å². The highest BCUT2D eigenvalue weighted by atomic mass is 16.3. The largest absolute Gasteiger partial charge is 0.446 e. The Morgan fingerprint density at radius 1 is 1.26 bits per heavy atom. The van der Waals surface area contributed by atoms with Crippen LogP contribution in [0.1, 0.15) is 49.6 Å². The quantitative estimate of drug-likeness (QED) is 0.695. The lowest BCUT2D eigenvalue weighted by atomic mass is 10.0. The van der Waals surface area contributed by atoms with Crippen molar-refractivity contribution < 1.29 is 14.0 Å². The topological polar surface area (TPSA) is 89.2 Å². The lowest BCUT2D eigenvalue weighted by Crippen LogP contribution is -2.31. The lowest BCUT2D eigenvalue weighted by Gasteiger charge is -2.18. The zero-order valence-electron chi connectivity index (χ0n) is 15.9. The molecule has 0 aliphatic rings. The fourth-order valence-electron chi connectivity index (χ4n) is 2.92. The average Bonchev–Trinajstić information content (AvgIpc) is 3.27. The maximum atomic E-state index is 12.6. The Bertz CT molecular complexity index is 971. The van der Waals surface area contributed by atoms with Crippen molar-refractivity contribution in [1.29, 1.82) is 0 Å². The van der Waals surface area contributed by atoms with Gasteiger partial charge >= 0.3 is 0 Å². The van der Waals surface area contributed by atoms with E-state index in [9.17, 15) is 9.59 Å². The first kappa shape index (κ1) is 18.7. The molecule has 0 saturated heterocycles. The Labute approximate surface area is 157 Å². The minimum Gasteiger partial charge on any atom is -0.446 e. The summed E-state index contributed by atoms with van der Waals surface area (Å²) in [5.41, 5.74) is 1.91. The van der Waals surface area contributed by atoms with Gasteiger partial charge in [0.15, 0.2) is 5.69 Å². The molecule has 27 heavy (non-hydrogen) atoms. The third kappa shape index (κ3) is 3.86. The first-order chi connectivity index (χ1) is 12.9. The molecule has 142 valence electrons. The molecule has 3 aromatic rings. The molecule has 3 rings (SSSR count). The SMILES string of the molecule is CCC(=O)N[C@H](c1nc(C(=O)Nc2cccc3c2ccn3C)co1)C(C)C. The van der Waals surface area contributed by atoms with Gasteiger partial charge in [-0.05, 0) is 24.1 Å². The van der Waals surface area contributed by atoms with Crippen LogP contribution in [0.25, 0.3) is 10.9 Å². The highest BCUT2D eigenvalue weighted by Gasteiger charge is 2.24. The summed E-state index contributed by atoms with van der Waals surface area (Å²) in [6.07, 6.45) is 3.64. The third-order valence-electron chi connectivity index (χ3n) is 4.50. The number of carbonyl (C=O) groups excluding carboxylic acids is 2. The fraction of sp³-hybridized carbons (Fsp3) is 0.350. The number of hydrogen-bond acceptors (Lipinski definition) is 4. The van der Waals surface area contributed by atoms with Gasteiger partial charge < -0.3 is 19.6 Å². The molecule has 0 aliphatic carbocycles. The normalized spacial score (nSPS) is 12.3. The number of hydrogen-bond donors (Lipinski definition) is 2. The third-order valence-corrected chi connectivity index (χ3v) is 4.50. The first-order valence-electron chi connectivity index (χ1n) is 9.01. The van der Waals surface area contributed by atoms with Crippen molar-refractivity contribution in [2.24, 2.45) is 13.0 Å². The molecule has 2 N–H and O–H groups in total. The minimum absolute atomic E-state index is 0.0770. The van der Waals surface area contributed by atoms with Crippen molar-refractivity contribution in [2.45, 2.75) is 33.2 Å². The molecule has 1 atom stereocenters. The second kappa shape index (κ2) is 7.65. The Balaban J connectivity index is 1.80. The number of carbonyl (C=O) groups is 2. The highest BCUT2D eigenvalue weighted by Crippen LogP contribution is 2.25. The highest BCUT2D eigenvalue weighted by molar-refractivity contribution is 6.07. The average molecular weight is 368 g/mol. The number of anilines is 1. The molecule has 1 aromatic carbocycles. The minimum atomic E-state index is -0.378. The van der Waals surface area contributed by atoms with Gasteiger partial charge in [-0.3, -0.25) is 9.59 Å². The maximum Gasteiger partial charge on any atom is 0.277 e. The van der Waals surface area contributed by atoms with E-state index in [1.807, 2.05) is 55.9 Å². The van der Waals surface area contributed by atoms with Gasteiger partial charge in [0.2, 0.25) is 11.8 Å². The summed E-state index contributed by atoms with van der Waals surface area (Å²) in [4.78, 5) is 28.7. The van der Waals surface area contributed by atoms with E-state index in [0.29, 0.717) is 18.0 Å². The molecule has 0 spiro atoms. The summed E-state index contributed by atoms with van der Waals surface area (Å²) in [5.74, 6) is -0.0395. The van der Waals surface area contributed by atoms with Crippen LogP contribution in [0.5, 0.6) is 0 Å². The molecular weight excluding hydrogens is 344 g/mol. The summed E-state index contributed by atoms with van der Waals surface area (Å²) >= 11 is 0. The number of aromatic nitrogens is 2. The van der Waals surface area contributed by atoms with Crippen LogP contribution in [0.2, 0.25) is 0 Å². The van der Waals surface area contributed by atoms with Gasteiger partial charge in [-0.2, -0.15) is 0 Å². The van der Waals surface area contributed by atoms with Gasteiger partial charge in [0.25, 0.3) is 5.91 Å². The van der Waals surface area contributed by atoms with Gasteiger partial charge in [-0.1, -0.05) is 26.8 Å².